The Kier molecular flexibility index (Phi) is 5.34. The normalized spacial score (nSPS) is 11.4. The Labute approximate surface area is 120 Å². The van der Waals surface area contributed by atoms with Crippen molar-refractivity contribution in [2.24, 2.45) is 5.92 Å². The molecular formula is C14H16F3NO3. The lowest BCUT2D eigenvalue weighted by molar-refractivity contribution is -0.167. The van der Waals surface area contributed by atoms with Crippen LogP contribution in [0.5, 0.6) is 5.75 Å². The molecule has 0 spiro atoms. The Morgan fingerprint density at radius 1 is 1.29 bits per heavy atom. The van der Waals surface area contributed by atoms with Crippen LogP contribution in [0.3, 0.4) is 0 Å². The van der Waals surface area contributed by atoms with Gasteiger partial charge in [0.1, 0.15) is 5.75 Å². The zero-order valence-corrected chi connectivity index (χ0v) is 11.9. The van der Waals surface area contributed by atoms with Crippen molar-refractivity contribution in [3.63, 3.8) is 0 Å². The van der Waals surface area contributed by atoms with Crippen LogP contribution in [0.2, 0.25) is 0 Å². The summed E-state index contributed by atoms with van der Waals surface area (Å²) in [7, 11) is 0. The fourth-order valence-electron chi connectivity index (χ4n) is 1.42. The molecular weight excluding hydrogens is 287 g/mol. The molecule has 1 aromatic rings. The average Bonchev–Trinajstić information content (AvgIpc) is 2.35. The Bertz CT molecular complexity index is 539. The standard InChI is InChI=1S/C14H16F3NO3/c1-8(2)7-21-12-5-4-10(9(3)19)6-11(12)18-13(20)14(15,16)17/h4-6,8H,7H2,1-3H3,(H,18,20). The number of benzene rings is 1. The van der Waals surface area contributed by atoms with Gasteiger partial charge in [-0.05, 0) is 31.0 Å². The van der Waals surface area contributed by atoms with Crippen LogP contribution in [0, 0.1) is 5.92 Å². The predicted molar refractivity (Wildman–Crippen MR) is 71.5 cm³/mol. The Morgan fingerprint density at radius 3 is 2.38 bits per heavy atom. The molecule has 0 atom stereocenters. The number of halogens is 3. The fraction of sp³-hybridized carbons (Fsp3) is 0.429. The highest BCUT2D eigenvalue weighted by molar-refractivity contribution is 5.99. The van der Waals surface area contributed by atoms with Crippen molar-refractivity contribution in [3.8, 4) is 5.75 Å². The molecule has 1 rings (SSSR count). The van der Waals surface area contributed by atoms with Gasteiger partial charge in [0.25, 0.3) is 0 Å². The number of amides is 1. The van der Waals surface area contributed by atoms with Crippen LogP contribution in [0.1, 0.15) is 31.1 Å². The molecule has 4 nitrogen and oxygen atoms in total. The highest BCUT2D eigenvalue weighted by atomic mass is 19.4. The summed E-state index contributed by atoms with van der Waals surface area (Å²) in [5, 5.41) is 1.73. The van der Waals surface area contributed by atoms with Gasteiger partial charge in [0.15, 0.2) is 5.78 Å². The molecule has 116 valence electrons. The summed E-state index contributed by atoms with van der Waals surface area (Å²) >= 11 is 0. The molecule has 1 amide bonds. The van der Waals surface area contributed by atoms with Gasteiger partial charge in [0.05, 0.1) is 12.3 Å². The fourth-order valence-corrected chi connectivity index (χ4v) is 1.42. The van der Waals surface area contributed by atoms with Crippen LogP contribution in [0.15, 0.2) is 18.2 Å². The smallest absolute Gasteiger partial charge is 0.471 e. The molecule has 0 unspecified atom stereocenters. The Hall–Kier alpha value is -2.05. The van der Waals surface area contributed by atoms with Gasteiger partial charge in [-0.1, -0.05) is 13.8 Å². The number of ether oxygens (including phenoxy) is 1. The van der Waals surface area contributed by atoms with E-state index in [2.05, 4.69) is 0 Å². The van der Waals surface area contributed by atoms with Crippen molar-refractivity contribution < 1.29 is 27.5 Å². The number of Topliss-reactive ketones (excluding diaryl/α,β-unsaturated/α-hetero) is 1. The van der Waals surface area contributed by atoms with Crippen LogP contribution in [-0.2, 0) is 4.79 Å². The van der Waals surface area contributed by atoms with E-state index in [-0.39, 0.29) is 35.3 Å². The molecule has 7 heteroatoms. The van der Waals surface area contributed by atoms with E-state index in [1.165, 1.54) is 25.1 Å². The molecule has 21 heavy (non-hydrogen) atoms. The summed E-state index contributed by atoms with van der Waals surface area (Å²) < 4.78 is 42.3. The van der Waals surface area contributed by atoms with Crippen LogP contribution in [0.4, 0.5) is 18.9 Å². The minimum atomic E-state index is -5.01. The first kappa shape index (κ1) is 17.0. The number of carbonyl (C=O) groups is 2. The first-order valence-electron chi connectivity index (χ1n) is 6.27. The molecule has 1 N–H and O–H groups in total. The number of hydrogen-bond donors (Lipinski definition) is 1. The highest BCUT2D eigenvalue weighted by Gasteiger charge is 2.39. The molecule has 0 aliphatic heterocycles. The maximum Gasteiger partial charge on any atom is 0.471 e. The largest absolute Gasteiger partial charge is 0.491 e. The van der Waals surface area contributed by atoms with Crippen LogP contribution >= 0.6 is 0 Å². The van der Waals surface area contributed by atoms with E-state index >= 15 is 0 Å². The maximum atomic E-state index is 12.3. The maximum absolute atomic E-state index is 12.3. The van der Waals surface area contributed by atoms with Gasteiger partial charge in [-0.15, -0.1) is 0 Å². The van der Waals surface area contributed by atoms with E-state index in [1.807, 2.05) is 13.8 Å². The average molecular weight is 303 g/mol. The summed E-state index contributed by atoms with van der Waals surface area (Å²) in [5.41, 5.74) is 0.00930. The van der Waals surface area contributed by atoms with Crippen LogP contribution in [0.25, 0.3) is 0 Å². The molecule has 0 aliphatic rings. The lowest BCUT2D eigenvalue weighted by Crippen LogP contribution is -2.30. The number of ketones is 1. The first-order chi connectivity index (χ1) is 9.61. The van der Waals surface area contributed by atoms with Crippen molar-refractivity contribution in [1.29, 1.82) is 0 Å². The number of alkyl halides is 3. The molecule has 0 radical (unpaired) electrons. The van der Waals surface area contributed by atoms with Crippen molar-refractivity contribution in [3.05, 3.63) is 23.8 Å². The number of carbonyl (C=O) groups excluding carboxylic acids is 2. The van der Waals surface area contributed by atoms with Crippen molar-refractivity contribution in [2.45, 2.75) is 26.9 Å². The third-order valence-electron chi connectivity index (χ3n) is 2.46. The van der Waals surface area contributed by atoms with Crippen molar-refractivity contribution in [2.75, 3.05) is 11.9 Å². The lowest BCUT2D eigenvalue weighted by Gasteiger charge is -2.15. The molecule has 0 saturated carbocycles. The predicted octanol–water partition coefficient (Wildman–Crippen LogP) is 3.42. The molecule has 0 saturated heterocycles. The van der Waals surface area contributed by atoms with E-state index in [9.17, 15) is 22.8 Å². The molecule has 0 heterocycles. The van der Waals surface area contributed by atoms with Crippen molar-refractivity contribution >= 4 is 17.4 Å². The molecule has 0 aromatic heterocycles. The van der Waals surface area contributed by atoms with E-state index in [0.29, 0.717) is 0 Å². The summed E-state index contributed by atoms with van der Waals surface area (Å²) in [6, 6.07) is 3.97. The highest BCUT2D eigenvalue weighted by Crippen LogP contribution is 2.28. The van der Waals surface area contributed by atoms with Gasteiger partial charge in [0.2, 0.25) is 0 Å². The Morgan fingerprint density at radius 2 is 1.90 bits per heavy atom. The monoisotopic (exact) mass is 303 g/mol. The van der Waals surface area contributed by atoms with Crippen LogP contribution < -0.4 is 10.1 Å². The SMILES string of the molecule is CC(=O)c1ccc(OCC(C)C)c(NC(=O)C(F)(F)F)c1. The molecule has 1 aromatic carbocycles. The summed E-state index contributed by atoms with van der Waals surface area (Å²) in [6.45, 7) is 5.30. The van der Waals surface area contributed by atoms with Gasteiger partial charge >= 0.3 is 12.1 Å². The third kappa shape index (κ3) is 5.09. The summed E-state index contributed by atoms with van der Waals surface area (Å²) in [5.74, 6) is -2.19. The number of hydrogen-bond acceptors (Lipinski definition) is 3. The summed E-state index contributed by atoms with van der Waals surface area (Å²) in [6.07, 6.45) is -5.01. The quantitative estimate of drug-likeness (QED) is 0.848. The number of anilines is 1. The zero-order chi connectivity index (χ0) is 16.2. The van der Waals surface area contributed by atoms with Gasteiger partial charge < -0.3 is 10.1 Å². The van der Waals surface area contributed by atoms with Gasteiger partial charge in [-0.25, -0.2) is 0 Å². The first-order valence-corrected chi connectivity index (χ1v) is 6.27. The van der Waals surface area contributed by atoms with E-state index < -0.39 is 12.1 Å². The second-order valence-corrected chi connectivity index (χ2v) is 4.92. The second kappa shape index (κ2) is 6.60. The van der Waals surface area contributed by atoms with E-state index in [0.717, 1.165) is 0 Å². The number of nitrogens with one attached hydrogen (secondary N) is 1. The van der Waals surface area contributed by atoms with Crippen LogP contribution in [-0.4, -0.2) is 24.5 Å². The van der Waals surface area contributed by atoms with E-state index in [1.54, 1.807) is 5.32 Å². The minimum Gasteiger partial charge on any atom is -0.491 e. The number of rotatable bonds is 5. The van der Waals surface area contributed by atoms with E-state index in [4.69, 9.17) is 4.74 Å². The topological polar surface area (TPSA) is 55.4 Å². The van der Waals surface area contributed by atoms with Gasteiger partial charge in [-0.3, -0.25) is 9.59 Å². The molecule has 0 bridgehead atoms. The Balaban J connectivity index is 3.07. The molecule has 0 aliphatic carbocycles. The zero-order valence-electron chi connectivity index (χ0n) is 11.9. The third-order valence-corrected chi connectivity index (χ3v) is 2.46. The van der Waals surface area contributed by atoms with Crippen molar-refractivity contribution in [1.82, 2.24) is 0 Å². The molecule has 0 fully saturated rings. The minimum absolute atomic E-state index is 0.0892. The lowest BCUT2D eigenvalue weighted by atomic mass is 10.1. The summed E-state index contributed by atoms with van der Waals surface area (Å²) in [4.78, 5) is 22.3. The second-order valence-electron chi connectivity index (χ2n) is 4.92. The van der Waals surface area contributed by atoms with Gasteiger partial charge in [0, 0.05) is 5.56 Å². The van der Waals surface area contributed by atoms with Gasteiger partial charge in [-0.2, -0.15) is 13.2 Å².